The number of imidazole rings is 2. The van der Waals surface area contributed by atoms with E-state index in [9.17, 15) is 24.0 Å². The second-order valence-electron chi connectivity index (χ2n) is 14.3. The third-order valence-electron chi connectivity index (χ3n) is 10.3. The number of anilines is 2. The number of pyridine rings is 3. The van der Waals surface area contributed by atoms with E-state index in [0.29, 0.717) is 70.6 Å². The van der Waals surface area contributed by atoms with E-state index in [4.69, 9.17) is 26.1 Å². The number of carbonyl (C=O) groups is 4. The Morgan fingerprint density at radius 1 is 1.15 bits per heavy atom. The molecule has 59 heavy (non-hydrogen) atoms. The summed E-state index contributed by atoms with van der Waals surface area (Å²) in [6, 6.07) is 6.32. The summed E-state index contributed by atoms with van der Waals surface area (Å²) in [7, 11) is 4.58. The number of hydrogen-bond acceptors (Lipinski definition) is 10. The van der Waals surface area contributed by atoms with E-state index in [1.807, 2.05) is 30.5 Å². The van der Waals surface area contributed by atoms with Gasteiger partial charge in [-0.1, -0.05) is 23.4 Å². The highest BCUT2D eigenvalue weighted by Gasteiger charge is 2.38. The Kier molecular flexibility index (Phi) is 11.8. The number of nitrogens with one attached hydrogen (secondary N) is 1. The maximum atomic E-state index is 13.9. The fourth-order valence-corrected chi connectivity index (χ4v) is 7.70. The molecule has 5 aromatic rings. The molecule has 7 rings (SSSR count). The Balaban J connectivity index is 1.02. The minimum absolute atomic E-state index is 0.101. The lowest BCUT2D eigenvalue weighted by Crippen LogP contribution is -2.41. The first kappa shape index (κ1) is 40.7. The number of hydrogen-bond donors (Lipinski definition) is 1. The number of aldehydes is 1. The third-order valence-corrected chi connectivity index (χ3v) is 10.5. The summed E-state index contributed by atoms with van der Waals surface area (Å²) in [6.07, 6.45) is 8.38. The monoisotopic (exact) mass is 822 g/mol. The molecule has 5 aromatic heterocycles. The zero-order chi connectivity index (χ0) is 42.0. The number of rotatable bonds is 11. The molecule has 0 bridgehead atoms. The van der Waals surface area contributed by atoms with Crippen LogP contribution in [0.25, 0.3) is 17.0 Å². The summed E-state index contributed by atoms with van der Waals surface area (Å²) < 4.78 is 16.7. The Hall–Kier alpha value is -6.51. The van der Waals surface area contributed by atoms with Crippen molar-refractivity contribution in [2.75, 3.05) is 50.2 Å². The van der Waals surface area contributed by atoms with Crippen LogP contribution in [0.5, 0.6) is 5.88 Å². The highest BCUT2D eigenvalue weighted by molar-refractivity contribution is 6.30. The number of methoxy groups -OCH3 is 1. The smallest absolute Gasteiger partial charge is 0.322 e. The van der Waals surface area contributed by atoms with E-state index in [1.54, 1.807) is 34.8 Å². The minimum Gasteiger partial charge on any atom is -0.480 e. The van der Waals surface area contributed by atoms with Gasteiger partial charge in [-0.15, -0.1) is 0 Å². The molecule has 1 N–H and O–H groups in total. The predicted molar refractivity (Wildman–Crippen MR) is 219 cm³/mol. The van der Waals surface area contributed by atoms with Crippen LogP contribution in [-0.4, -0.2) is 104 Å². The first-order chi connectivity index (χ1) is 28.4. The van der Waals surface area contributed by atoms with Crippen molar-refractivity contribution in [2.45, 2.75) is 51.8 Å². The van der Waals surface area contributed by atoms with Crippen LogP contribution in [-0.2, 0) is 23.1 Å². The number of nitrogens with zero attached hydrogens (tertiary/aromatic N) is 9. The van der Waals surface area contributed by atoms with Gasteiger partial charge in [-0.25, -0.2) is 19.7 Å². The second-order valence-corrected chi connectivity index (χ2v) is 14.8. The fourth-order valence-electron chi connectivity index (χ4n) is 7.45. The molecule has 4 amide bonds. The number of ether oxygens (including phenoxy) is 2. The first-order valence-corrected chi connectivity index (χ1v) is 19.5. The van der Waals surface area contributed by atoms with Gasteiger partial charge >= 0.3 is 6.03 Å². The molecule has 17 nitrogen and oxygen atoms in total. The van der Waals surface area contributed by atoms with E-state index in [1.165, 1.54) is 47.0 Å². The van der Waals surface area contributed by atoms with Crippen LogP contribution in [0, 0.1) is 11.8 Å². The van der Waals surface area contributed by atoms with Gasteiger partial charge < -0.3 is 33.6 Å². The molecule has 7 heterocycles. The van der Waals surface area contributed by atoms with Gasteiger partial charge in [0.05, 0.1) is 53.4 Å². The van der Waals surface area contributed by atoms with Gasteiger partial charge in [0.15, 0.2) is 11.3 Å². The fraction of sp³-hybridized carbons (Fsp3) is 0.366. The number of carbonyl (C=O) groups excluding carboxylic acids is 4. The normalized spacial score (nSPS) is 14.1. The average molecular weight is 823 g/mol. The van der Waals surface area contributed by atoms with Crippen molar-refractivity contribution in [3.63, 3.8) is 0 Å². The largest absolute Gasteiger partial charge is 0.480 e. The molecular formula is C41H43ClN10O7. The first-order valence-electron chi connectivity index (χ1n) is 19.1. The van der Waals surface area contributed by atoms with Crippen LogP contribution in [0.3, 0.4) is 0 Å². The Morgan fingerprint density at radius 3 is 2.64 bits per heavy atom. The molecule has 2 aliphatic heterocycles. The zero-order valence-corrected chi connectivity index (χ0v) is 34.0. The summed E-state index contributed by atoms with van der Waals surface area (Å²) in [5, 5.41) is 2.92. The number of piperidine rings is 1. The topological polar surface area (TPSA) is 178 Å². The molecule has 18 heteroatoms. The molecule has 306 valence electrons. The molecular weight excluding hydrogens is 780 g/mol. The van der Waals surface area contributed by atoms with Crippen molar-refractivity contribution in [1.82, 2.24) is 38.7 Å². The summed E-state index contributed by atoms with van der Waals surface area (Å²) in [5.74, 6) is 6.74. The maximum Gasteiger partial charge on any atom is 0.322 e. The van der Waals surface area contributed by atoms with Crippen LogP contribution in [0.4, 0.5) is 16.3 Å². The van der Waals surface area contributed by atoms with Crippen molar-refractivity contribution in [2.24, 2.45) is 7.05 Å². The second kappa shape index (κ2) is 17.1. The van der Waals surface area contributed by atoms with E-state index in [2.05, 4.69) is 27.1 Å². The molecule has 2 aliphatic rings. The van der Waals surface area contributed by atoms with Crippen molar-refractivity contribution in [1.29, 1.82) is 0 Å². The van der Waals surface area contributed by atoms with Crippen molar-refractivity contribution in [3.8, 4) is 29.1 Å². The van der Waals surface area contributed by atoms with Crippen LogP contribution >= 0.6 is 11.6 Å². The quantitative estimate of drug-likeness (QED) is 0.151. The predicted octanol–water partition coefficient (Wildman–Crippen LogP) is 4.10. The lowest BCUT2D eigenvalue weighted by molar-refractivity contribution is -0.107. The molecule has 0 atom stereocenters. The lowest BCUT2D eigenvalue weighted by atomic mass is 10.1. The van der Waals surface area contributed by atoms with Gasteiger partial charge in [-0.3, -0.25) is 28.6 Å². The number of fused-ring (bicyclic) bond motifs is 2. The van der Waals surface area contributed by atoms with Crippen molar-refractivity contribution < 1.29 is 28.7 Å². The molecule has 0 unspecified atom stereocenters. The van der Waals surface area contributed by atoms with Gasteiger partial charge in [0.1, 0.15) is 30.2 Å². The molecule has 0 aliphatic carbocycles. The molecule has 0 radical (unpaired) electrons. The van der Waals surface area contributed by atoms with E-state index in [-0.39, 0.29) is 73.0 Å². The number of amides is 4. The van der Waals surface area contributed by atoms with Gasteiger partial charge in [-0.2, -0.15) is 0 Å². The summed E-state index contributed by atoms with van der Waals surface area (Å²) in [4.78, 5) is 82.4. The molecule has 0 saturated carbocycles. The SMILES string of the molecule is CNC(=O)N(CCC=O)c1cnc2c(C#CCOC3CCN(C(=O)c4cnc(OC)c(-c5nc6c(n5C(C)C)CN(c5cc(Cl)cn(C)c5=O)C6=O)c4)CC3)cccn12. The van der Waals surface area contributed by atoms with E-state index < -0.39 is 5.91 Å². The van der Waals surface area contributed by atoms with Crippen LogP contribution < -0.4 is 25.4 Å². The Labute approximate surface area is 344 Å². The molecule has 1 fully saturated rings. The highest BCUT2D eigenvalue weighted by Crippen LogP contribution is 2.37. The highest BCUT2D eigenvalue weighted by atomic mass is 35.5. The Morgan fingerprint density at radius 2 is 1.93 bits per heavy atom. The third kappa shape index (κ3) is 7.88. The van der Waals surface area contributed by atoms with Crippen LogP contribution in [0.1, 0.15) is 71.3 Å². The van der Waals surface area contributed by atoms with Crippen LogP contribution in [0.15, 0.2) is 53.8 Å². The number of urea groups is 1. The van der Waals surface area contributed by atoms with E-state index in [0.717, 1.165) is 6.29 Å². The lowest BCUT2D eigenvalue weighted by Gasteiger charge is -2.31. The molecule has 0 aromatic carbocycles. The number of aryl methyl sites for hydroxylation is 1. The summed E-state index contributed by atoms with van der Waals surface area (Å²) in [6.45, 7) is 5.33. The van der Waals surface area contributed by atoms with Crippen LogP contribution in [0.2, 0.25) is 5.02 Å². The van der Waals surface area contributed by atoms with Gasteiger partial charge in [0.2, 0.25) is 5.88 Å². The number of halogens is 1. The van der Waals surface area contributed by atoms with Crippen molar-refractivity contribution >= 4 is 52.9 Å². The number of likely N-dealkylation sites (tertiary alicyclic amines) is 1. The summed E-state index contributed by atoms with van der Waals surface area (Å²) in [5.41, 5.74) is 2.65. The van der Waals surface area contributed by atoms with Gasteiger partial charge in [-0.05, 0) is 51.0 Å². The maximum absolute atomic E-state index is 13.9. The standard InChI is InChI=1S/C41H43ClN10O7/c1-25(2)52-32-24-51(31-20-28(42)23-47(4)39(31)55)40(56)34(32)46-36(52)30-19-27(21-45-37(30)58-5)38(54)48-15-11-29(12-16-48)59-18-7-10-26-9-6-13-49-33(22-44-35(26)49)50(14-8-17-53)41(57)43-3/h6,9,13,17,19-23,25,29H,8,11-12,14-16,18,24H2,1-5H3,(H,43,57). The molecule has 0 spiro atoms. The van der Waals surface area contributed by atoms with E-state index >= 15 is 0 Å². The zero-order valence-electron chi connectivity index (χ0n) is 33.3. The summed E-state index contributed by atoms with van der Waals surface area (Å²) >= 11 is 6.24. The number of aromatic nitrogens is 6. The van der Waals surface area contributed by atoms with Gasteiger partial charge in [0, 0.05) is 64.8 Å². The van der Waals surface area contributed by atoms with Gasteiger partial charge in [0.25, 0.3) is 17.4 Å². The average Bonchev–Trinajstić information content (AvgIpc) is 3.93. The van der Waals surface area contributed by atoms with Crippen molar-refractivity contribution in [3.05, 3.63) is 86.9 Å². The molecule has 1 saturated heterocycles. The Bertz CT molecular complexity index is 2580. The minimum atomic E-state index is -0.432.